The van der Waals surface area contributed by atoms with E-state index in [1.54, 1.807) is 24.3 Å². The Bertz CT molecular complexity index is 2100. The van der Waals surface area contributed by atoms with Crippen molar-refractivity contribution in [1.29, 1.82) is 0 Å². The second-order valence-electron chi connectivity index (χ2n) is 15.5. The number of para-hydroxylation sites is 1. The van der Waals surface area contributed by atoms with E-state index in [2.05, 4.69) is 39.9 Å². The second-order valence-corrected chi connectivity index (χ2v) is 22.5. The van der Waals surface area contributed by atoms with Gasteiger partial charge in [-0.1, -0.05) is 106 Å². The lowest BCUT2D eigenvalue weighted by Crippen LogP contribution is -2.55. The highest BCUT2D eigenvalue weighted by Crippen LogP contribution is 2.51. The molecule has 288 valence electrons. The Morgan fingerprint density at radius 2 is 1.40 bits per heavy atom. The molecule has 1 heterocycles. The molecular weight excluding hydrogens is 729 g/mol. The average molecular weight is 780 g/mol. The van der Waals surface area contributed by atoms with Gasteiger partial charge in [0.25, 0.3) is 0 Å². The Balaban J connectivity index is 1.38. The quantitative estimate of drug-likeness (QED) is 0.0598. The smallest absolute Gasteiger partial charge is 0.360 e. The van der Waals surface area contributed by atoms with Crippen LogP contribution in [0.25, 0.3) is 11.1 Å². The highest BCUT2D eigenvalue weighted by Gasteiger charge is 2.50. The number of hydrogen-bond donors (Lipinski definition) is 0. The maximum absolute atomic E-state index is 14.3. The molecule has 5 aromatic rings. The monoisotopic (exact) mass is 779 g/mol. The zero-order chi connectivity index (χ0) is 39.4. The number of benzene rings is 5. The van der Waals surface area contributed by atoms with Crippen LogP contribution in [0.1, 0.15) is 62.4 Å². The Labute approximate surface area is 326 Å². The summed E-state index contributed by atoms with van der Waals surface area (Å²) >= 11 is 0. The molecule has 5 aromatic carbocycles. The van der Waals surface area contributed by atoms with Crippen LogP contribution < -0.4 is 14.9 Å². The summed E-state index contributed by atoms with van der Waals surface area (Å²) < 4.78 is 51.1. The third-order valence-corrected chi connectivity index (χ3v) is 17.4. The molecule has 3 atom stereocenters. The van der Waals surface area contributed by atoms with Gasteiger partial charge in [-0.15, -0.1) is 0 Å². The highest BCUT2D eigenvalue weighted by atomic mass is 31.2. The molecule has 10 heteroatoms. The molecule has 55 heavy (non-hydrogen) atoms. The van der Waals surface area contributed by atoms with E-state index in [-0.39, 0.29) is 34.8 Å². The molecule has 0 bridgehead atoms. The van der Waals surface area contributed by atoms with Gasteiger partial charge in [0.15, 0.2) is 8.32 Å². The number of carbonyl (C=O) groups excluding carboxylic acids is 1. The second kappa shape index (κ2) is 16.8. The summed E-state index contributed by atoms with van der Waals surface area (Å²) in [6.45, 7) is 11.4. The summed E-state index contributed by atoms with van der Waals surface area (Å²) in [7, 11) is -2.91. The van der Waals surface area contributed by atoms with Crippen LogP contribution in [0.4, 0.5) is 10.1 Å². The number of nitrogens with zero attached hydrogens (tertiary/aromatic N) is 1. The fourth-order valence-corrected chi connectivity index (χ4v) is 9.24. The molecule has 0 radical (unpaired) electrons. The fraction of sp³-hybridized carbons (Fsp3) is 0.311. The maximum atomic E-state index is 14.3. The van der Waals surface area contributed by atoms with E-state index < -0.39 is 15.9 Å². The SMILES string of the molecule is COP(=O)(OC)c1ccc(-c2ccc(C3C(CCC(O[Si](C)(C)C(C)(C)C)c4ccc(F)cc4)C(=O)N3c3ccccc3)c(OCc3ccccc3)c2)cc1. The molecule has 0 aromatic heterocycles. The summed E-state index contributed by atoms with van der Waals surface area (Å²) in [5, 5.41) is 0.425. The van der Waals surface area contributed by atoms with Crippen LogP contribution >= 0.6 is 7.60 Å². The van der Waals surface area contributed by atoms with Crippen molar-refractivity contribution in [2.24, 2.45) is 5.92 Å². The first-order valence-corrected chi connectivity index (χ1v) is 23.1. The molecule has 1 aliphatic rings. The number of hydrogen-bond acceptors (Lipinski definition) is 6. The van der Waals surface area contributed by atoms with E-state index in [0.717, 1.165) is 33.5 Å². The zero-order valence-electron chi connectivity index (χ0n) is 32.7. The van der Waals surface area contributed by atoms with E-state index in [9.17, 15) is 13.8 Å². The first-order valence-electron chi connectivity index (χ1n) is 18.7. The minimum absolute atomic E-state index is 0.0372. The third-order valence-electron chi connectivity index (χ3n) is 11.0. The standard InChI is InChI=1S/C45H51FNO6PSi/c1-45(2,3)55(6,7)53-41(34-18-23-36(46)24-19-34)29-28-40-43(47(44(40)48)37-16-12-9-13-17-37)39-27-22-35(30-42(39)52-31-32-14-10-8-11-15-32)33-20-25-38(26-21-33)54(49,50-4)51-5/h8-27,30,40-41,43H,28-29,31H2,1-7H3. The van der Waals surface area contributed by atoms with Crippen LogP contribution in [-0.2, 0) is 29.4 Å². The van der Waals surface area contributed by atoms with E-state index in [1.807, 2.05) is 89.8 Å². The minimum atomic E-state index is -3.41. The molecule has 0 aliphatic carbocycles. The Morgan fingerprint density at radius 3 is 2.00 bits per heavy atom. The molecule has 1 fully saturated rings. The first kappa shape index (κ1) is 40.3. The Morgan fingerprint density at radius 1 is 0.800 bits per heavy atom. The molecular formula is C45H51FNO6PSi. The highest BCUT2D eigenvalue weighted by molar-refractivity contribution is 7.62. The number of rotatable bonds is 15. The third kappa shape index (κ3) is 8.87. The van der Waals surface area contributed by atoms with Crippen molar-refractivity contribution in [3.05, 3.63) is 150 Å². The summed E-state index contributed by atoms with van der Waals surface area (Å²) in [4.78, 5) is 16.2. The van der Waals surface area contributed by atoms with Gasteiger partial charge in [-0.05, 0) is 95.7 Å². The van der Waals surface area contributed by atoms with Crippen LogP contribution in [0.2, 0.25) is 18.1 Å². The summed E-state index contributed by atoms with van der Waals surface area (Å²) in [6.07, 6.45) is 0.848. The zero-order valence-corrected chi connectivity index (χ0v) is 34.6. The fourth-order valence-electron chi connectivity index (χ4n) is 6.84. The molecule has 3 unspecified atom stereocenters. The molecule has 1 amide bonds. The Kier molecular flexibility index (Phi) is 12.3. The van der Waals surface area contributed by atoms with Gasteiger partial charge in [0.2, 0.25) is 5.91 Å². The largest absolute Gasteiger partial charge is 0.489 e. The van der Waals surface area contributed by atoms with Gasteiger partial charge in [-0.25, -0.2) is 4.39 Å². The van der Waals surface area contributed by atoms with Gasteiger partial charge in [-0.2, -0.15) is 0 Å². The molecule has 6 rings (SSSR count). The van der Waals surface area contributed by atoms with Crippen molar-refractivity contribution in [3.63, 3.8) is 0 Å². The van der Waals surface area contributed by atoms with Crippen molar-refractivity contribution in [2.45, 2.75) is 70.5 Å². The van der Waals surface area contributed by atoms with Crippen LogP contribution in [0.15, 0.2) is 127 Å². The number of halogens is 1. The van der Waals surface area contributed by atoms with Crippen molar-refractivity contribution in [3.8, 4) is 16.9 Å². The van der Waals surface area contributed by atoms with Crippen molar-refractivity contribution >= 4 is 32.8 Å². The average Bonchev–Trinajstić information content (AvgIpc) is 3.19. The van der Waals surface area contributed by atoms with Crippen molar-refractivity contribution in [1.82, 2.24) is 0 Å². The topological polar surface area (TPSA) is 74.3 Å². The van der Waals surface area contributed by atoms with E-state index >= 15 is 0 Å². The lowest BCUT2D eigenvalue weighted by atomic mass is 9.77. The van der Waals surface area contributed by atoms with E-state index in [0.29, 0.717) is 30.5 Å². The summed E-state index contributed by atoms with van der Waals surface area (Å²) in [5.41, 5.74) is 5.43. The normalized spacial score (nSPS) is 16.8. The molecule has 1 saturated heterocycles. The summed E-state index contributed by atoms with van der Waals surface area (Å²) in [5.74, 6) is 0.0549. The molecule has 0 spiro atoms. The number of amides is 1. The summed E-state index contributed by atoms with van der Waals surface area (Å²) in [6, 6.07) is 39.4. The first-order chi connectivity index (χ1) is 26.2. The Hall–Kier alpha value is -4.37. The van der Waals surface area contributed by atoms with Gasteiger partial charge in [-0.3, -0.25) is 9.36 Å². The van der Waals surface area contributed by atoms with Crippen LogP contribution in [0, 0.1) is 11.7 Å². The lowest BCUT2D eigenvalue weighted by molar-refractivity contribution is -0.131. The van der Waals surface area contributed by atoms with Gasteiger partial charge in [0.05, 0.1) is 23.4 Å². The van der Waals surface area contributed by atoms with E-state index in [4.69, 9.17) is 18.2 Å². The number of anilines is 1. The minimum Gasteiger partial charge on any atom is -0.489 e. The van der Waals surface area contributed by atoms with E-state index in [1.165, 1.54) is 26.4 Å². The van der Waals surface area contributed by atoms with Gasteiger partial charge in [0, 0.05) is 25.5 Å². The van der Waals surface area contributed by atoms with Gasteiger partial charge >= 0.3 is 7.60 Å². The molecule has 1 aliphatic heterocycles. The predicted octanol–water partition coefficient (Wildman–Crippen LogP) is 11.4. The molecule has 0 N–H and O–H groups in total. The molecule has 7 nitrogen and oxygen atoms in total. The number of ether oxygens (including phenoxy) is 1. The van der Waals surface area contributed by atoms with Crippen LogP contribution in [0.3, 0.4) is 0 Å². The number of carbonyl (C=O) groups is 1. The van der Waals surface area contributed by atoms with Gasteiger partial charge < -0.3 is 23.1 Å². The van der Waals surface area contributed by atoms with Crippen LogP contribution in [-0.4, -0.2) is 28.4 Å². The van der Waals surface area contributed by atoms with Gasteiger partial charge in [0.1, 0.15) is 18.2 Å². The maximum Gasteiger partial charge on any atom is 0.360 e. The van der Waals surface area contributed by atoms with Crippen LogP contribution in [0.5, 0.6) is 5.75 Å². The lowest BCUT2D eigenvalue weighted by Gasteiger charge is -2.48. The van der Waals surface area contributed by atoms with Crippen molar-refractivity contribution in [2.75, 3.05) is 19.1 Å². The predicted molar refractivity (Wildman–Crippen MR) is 221 cm³/mol. The number of β-lactam (4-membered cyclic amide) rings is 1. The molecule has 0 saturated carbocycles. The van der Waals surface area contributed by atoms with Crippen molar-refractivity contribution < 1.29 is 32.0 Å².